The molecule has 0 saturated heterocycles. The van der Waals surface area contributed by atoms with Gasteiger partial charge in [-0.2, -0.15) is 0 Å². The molecule has 0 fully saturated rings. The van der Waals surface area contributed by atoms with Crippen LogP contribution in [-0.4, -0.2) is 14.2 Å². The molecule has 1 aromatic carbocycles. The topological polar surface area (TPSA) is 18.5 Å². The van der Waals surface area contributed by atoms with Crippen molar-refractivity contribution in [1.29, 1.82) is 0 Å². The Bertz CT molecular complexity index is 281. The number of hydrogen-bond acceptors (Lipinski definition) is 2. The van der Waals surface area contributed by atoms with Gasteiger partial charge in [-0.15, -0.1) is 0 Å². The molecule has 0 aliphatic heterocycles. The van der Waals surface area contributed by atoms with E-state index < -0.39 is 0 Å². The Morgan fingerprint density at radius 1 is 1.00 bits per heavy atom. The lowest BCUT2D eigenvalue weighted by Crippen LogP contribution is -1.87. The predicted octanol–water partition coefficient (Wildman–Crippen LogP) is 2.74. The summed E-state index contributed by atoms with van der Waals surface area (Å²) >= 11 is 0. The molecule has 13 heavy (non-hydrogen) atoms. The highest BCUT2D eigenvalue weighted by molar-refractivity contribution is 5.54. The largest absolute Gasteiger partial charge is 0.497 e. The van der Waals surface area contributed by atoms with Crippen molar-refractivity contribution in [2.75, 3.05) is 14.2 Å². The standard InChI is InChI=1S/C11H14O2/c1-4-5-9-6-10(12-2)8-11(7-9)13-3/h4-8H,1-3H3/b5-4-. The second-order valence-electron chi connectivity index (χ2n) is 2.65. The summed E-state index contributed by atoms with van der Waals surface area (Å²) in [7, 11) is 3.29. The Labute approximate surface area is 78.8 Å². The van der Waals surface area contributed by atoms with Crippen LogP contribution in [0.3, 0.4) is 0 Å². The van der Waals surface area contributed by atoms with Gasteiger partial charge in [0, 0.05) is 6.07 Å². The fourth-order valence-corrected chi connectivity index (χ4v) is 1.12. The van der Waals surface area contributed by atoms with Crippen LogP contribution in [0.5, 0.6) is 11.5 Å². The average Bonchev–Trinajstić information content (AvgIpc) is 2.17. The smallest absolute Gasteiger partial charge is 0.123 e. The van der Waals surface area contributed by atoms with Gasteiger partial charge in [-0.05, 0) is 24.6 Å². The van der Waals surface area contributed by atoms with Gasteiger partial charge >= 0.3 is 0 Å². The van der Waals surface area contributed by atoms with Crippen LogP contribution in [0.2, 0.25) is 0 Å². The van der Waals surface area contributed by atoms with Crippen molar-refractivity contribution in [3.8, 4) is 11.5 Å². The lowest BCUT2D eigenvalue weighted by molar-refractivity contribution is 0.394. The van der Waals surface area contributed by atoms with Crippen molar-refractivity contribution in [3.63, 3.8) is 0 Å². The minimum atomic E-state index is 0.812. The van der Waals surface area contributed by atoms with E-state index in [1.54, 1.807) is 14.2 Å². The SMILES string of the molecule is C/C=C\c1cc(OC)cc(OC)c1. The van der Waals surface area contributed by atoms with Crippen molar-refractivity contribution in [1.82, 2.24) is 0 Å². The van der Waals surface area contributed by atoms with Crippen molar-refractivity contribution >= 4 is 6.08 Å². The molecule has 0 radical (unpaired) electrons. The first-order valence-electron chi connectivity index (χ1n) is 4.16. The monoisotopic (exact) mass is 178 g/mol. The lowest BCUT2D eigenvalue weighted by Gasteiger charge is -2.05. The zero-order valence-corrected chi connectivity index (χ0v) is 8.20. The molecule has 0 aliphatic rings. The third-order valence-electron chi connectivity index (χ3n) is 1.73. The molecule has 0 bridgehead atoms. The van der Waals surface area contributed by atoms with Crippen molar-refractivity contribution in [2.24, 2.45) is 0 Å². The van der Waals surface area contributed by atoms with Crippen LogP contribution < -0.4 is 9.47 Å². The van der Waals surface area contributed by atoms with E-state index in [4.69, 9.17) is 9.47 Å². The minimum absolute atomic E-state index is 0.812. The highest BCUT2D eigenvalue weighted by atomic mass is 16.5. The van der Waals surface area contributed by atoms with Gasteiger partial charge in [0.1, 0.15) is 11.5 Å². The first-order chi connectivity index (χ1) is 6.30. The molecule has 0 spiro atoms. The van der Waals surface area contributed by atoms with E-state index in [9.17, 15) is 0 Å². The Morgan fingerprint density at radius 2 is 1.54 bits per heavy atom. The lowest BCUT2D eigenvalue weighted by atomic mass is 10.2. The fraction of sp³-hybridized carbons (Fsp3) is 0.273. The highest BCUT2D eigenvalue weighted by Crippen LogP contribution is 2.22. The second kappa shape index (κ2) is 4.55. The number of methoxy groups -OCH3 is 2. The zero-order chi connectivity index (χ0) is 9.68. The first kappa shape index (κ1) is 9.65. The summed E-state index contributed by atoms with van der Waals surface area (Å²) < 4.78 is 10.3. The highest BCUT2D eigenvalue weighted by Gasteiger charge is 1.98. The fourth-order valence-electron chi connectivity index (χ4n) is 1.12. The van der Waals surface area contributed by atoms with Crippen LogP contribution >= 0.6 is 0 Å². The van der Waals surface area contributed by atoms with E-state index >= 15 is 0 Å². The van der Waals surface area contributed by atoms with Gasteiger partial charge in [0.05, 0.1) is 14.2 Å². The molecule has 1 aromatic rings. The van der Waals surface area contributed by atoms with E-state index in [0.717, 1.165) is 17.1 Å². The molecule has 0 unspecified atom stereocenters. The van der Waals surface area contributed by atoms with Crippen molar-refractivity contribution in [2.45, 2.75) is 6.92 Å². The molecular formula is C11H14O2. The quantitative estimate of drug-likeness (QED) is 0.708. The third-order valence-corrected chi connectivity index (χ3v) is 1.73. The Kier molecular flexibility index (Phi) is 3.38. The predicted molar refractivity (Wildman–Crippen MR) is 54.3 cm³/mol. The van der Waals surface area contributed by atoms with E-state index in [1.807, 2.05) is 37.3 Å². The Balaban J connectivity index is 3.07. The van der Waals surface area contributed by atoms with Crippen LogP contribution in [0.1, 0.15) is 12.5 Å². The maximum absolute atomic E-state index is 5.13. The van der Waals surface area contributed by atoms with Crippen molar-refractivity contribution < 1.29 is 9.47 Å². The van der Waals surface area contributed by atoms with Gasteiger partial charge in [-0.3, -0.25) is 0 Å². The summed E-state index contributed by atoms with van der Waals surface area (Å²) in [5.74, 6) is 1.62. The summed E-state index contributed by atoms with van der Waals surface area (Å²) in [4.78, 5) is 0. The van der Waals surface area contributed by atoms with Crippen LogP contribution in [-0.2, 0) is 0 Å². The molecule has 2 heteroatoms. The van der Waals surface area contributed by atoms with Crippen LogP contribution in [0.15, 0.2) is 24.3 Å². The summed E-state index contributed by atoms with van der Waals surface area (Å²) in [5.41, 5.74) is 1.08. The Hall–Kier alpha value is -1.44. The first-order valence-corrected chi connectivity index (χ1v) is 4.16. The number of allylic oxidation sites excluding steroid dienone is 1. The molecule has 0 amide bonds. The van der Waals surface area contributed by atoms with E-state index in [2.05, 4.69) is 0 Å². The molecule has 2 nitrogen and oxygen atoms in total. The number of benzene rings is 1. The van der Waals surface area contributed by atoms with E-state index in [-0.39, 0.29) is 0 Å². The van der Waals surface area contributed by atoms with E-state index in [1.165, 1.54) is 0 Å². The van der Waals surface area contributed by atoms with Gasteiger partial charge < -0.3 is 9.47 Å². The normalized spacial score (nSPS) is 10.4. The number of hydrogen-bond donors (Lipinski definition) is 0. The van der Waals surface area contributed by atoms with Gasteiger partial charge in [0.15, 0.2) is 0 Å². The molecule has 0 aromatic heterocycles. The third kappa shape index (κ3) is 2.51. The van der Waals surface area contributed by atoms with Crippen molar-refractivity contribution in [3.05, 3.63) is 29.8 Å². The van der Waals surface area contributed by atoms with Gasteiger partial charge in [-0.1, -0.05) is 12.2 Å². The zero-order valence-electron chi connectivity index (χ0n) is 8.20. The summed E-state index contributed by atoms with van der Waals surface area (Å²) in [6.45, 7) is 1.98. The molecule has 70 valence electrons. The molecule has 1 rings (SSSR count). The maximum Gasteiger partial charge on any atom is 0.123 e. The molecule has 0 atom stereocenters. The summed E-state index contributed by atoms with van der Waals surface area (Å²) in [6, 6.07) is 5.78. The summed E-state index contributed by atoms with van der Waals surface area (Å²) in [6.07, 6.45) is 3.99. The molecule has 0 heterocycles. The maximum atomic E-state index is 5.13. The average molecular weight is 178 g/mol. The molecular weight excluding hydrogens is 164 g/mol. The van der Waals surface area contributed by atoms with Crippen LogP contribution in [0, 0.1) is 0 Å². The van der Waals surface area contributed by atoms with Crippen LogP contribution in [0.4, 0.5) is 0 Å². The summed E-state index contributed by atoms with van der Waals surface area (Å²) in [5, 5.41) is 0. The van der Waals surface area contributed by atoms with Gasteiger partial charge in [-0.25, -0.2) is 0 Å². The van der Waals surface area contributed by atoms with Gasteiger partial charge in [0.25, 0.3) is 0 Å². The van der Waals surface area contributed by atoms with Crippen LogP contribution in [0.25, 0.3) is 6.08 Å². The van der Waals surface area contributed by atoms with E-state index in [0.29, 0.717) is 0 Å². The molecule has 0 saturated carbocycles. The Morgan fingerprint density at radius 3 is 1.92 bits per heavy atom. The molecule has 0 aliphatic carbocycles. The van der Waals surface area contributed by atoms with Gasteiger partial charge in [0.2, 0.25) is 0 Å². The molecule has 0 N–H and O–H groups in total. The number of rotatable bonds is 3. The number of ether oxygens (including phenoxy) is 2. The minimum Gasteiger partial charge on any atom is -0.497 e. The second-order valence-corrected chi connectivity index (χ2v) is 2.65.